The lowest BCUT2D eigenvalue weighted by Gasteiger charge is -2.34. The molecule has 6 nitrogen and oxygen atoms in total. The van der Waals surface area contributed by atoms with Crippen LogP contribution in [0.4, 0.5) is 5.69 Å². The molecule has 0 N–H and O–H groups in total. The summed E-state index contributed by atoms with van der Waals surface area (Å²) in [6, 6.07) is 14.2. The zero-order valence-corrected chi connectivity index (χ0v) is 15.5. The maximum Gasteiger partial charge on any atom is 0.164 e. The van der Waals surface area contributed by atoms with E-state index < -0.39 is 0 Å². The molecule has 0 aromatic heterocycles. The van der Waals surface area contributed by atoms with Gasteiger partial charge in [0.1, 0.15) is 5.75 Å². The predicted octanol–water partition coefficient (Wildman–Crippen LogP) is 2.87. The average molecular weight is 355 g/mol. The molecule has 138 valence electrons. The Labute approximate surface area is 154 Å². The summed E-state index contributed by atoms with van der Waals surface area (Å²) in [5.41, 5.74) is 2.12. The Hall–Kier alpha value is -2.89. The molecule has 0 saturated carbocycles. The molecule has 0 radical (unpaired) electrons. The van der Waals surface area contributed by atoms with E-state index in [2.05, 4.69) is 39.3 Å². The van der Waals surface area contributed by atoms with Crippen LogP contribution in [0.15, 0.2) is 47.6 Å². The van der Waals surface area contributed by atoms with Crippen molar-refractivity contribution in [3.63, 3.8) is 0 Å². The zero-order valence-electron chi connectivity index (χ0n) is 15.5. The van der Waals surface area contributed by atoms with Gasteiger partial charge in [-0.3, -0.25) is 5.01 Å². The molecular weight excluding hydrogens is 330 g/mol. The lowest BCUT2D eigenvalue weighted by molar-refractivity contribution is 0.272. The molecule has 0 atom stereocenters. The second-order valence-electron chi connectivity index (χ2n) is 5.97. The van der Waals surface area contributed by atoms with E-state index in [0.29, 0.717) is 17.2 Å². The van der Waals surface area contributed by atoms with Crippen molar-refractivity contribution in [3.8, 4) is 17.2 Å². The topological polar surface area (TPSA) is 46.5 Å². The summed E-state index contributed by atoms with van der Waals surface area (Å²) in [4.78, 5) is 2.38. The Morgan fingerprint density at radius 3 is 2.04 bits per heavy atom. The number of hydrogen-bond acceptors (Lipinski definition) is 6. The van der Waals surface area contributed by atoms with Gasteiger partial charge >= 0.3 is 0 Å². The number of anilines is 1. The number of hydrogen-bond donors (Lipinski definition) is 0. The lowest BCUT2D eigenvalue weighted by Crippen LogP contribution is -2.44. The molecule has 2 aromatic carbocycles. The Morgan fingerprint density at radius 1 is 0.808 bits per heavy atom. The van der Waals surface area contributed by atoms with E-state index >= 15 is 0 Å². The van der Waals surface area contributed by atoms with E-state index in [1.54, 1.807) is 21.3 Å². The largest absolute Gasteiger partial charge is 0.496 e. The summed E-state index contributed by atoms with van der Waals surface area (Å²) in [6.45, 7) is 3.65. The predicted molar refractivity (Wildman–Crippen MR) is 104 cm³/mol. The van der Waals surface area contributed by atoms with Gasteiger partial charge in [-0.05, 0) is 18.2 Å². The third kappa shape index (κ3) is 4.02. The number of hydrazone groups is 1. The summed E-state index contributed by atoms with van der Waals surface area (Å²) in [7, 11) is 4.86. The van der Waals surface area contributed by atoms with Crippen LogP contribution in [0.3, 0.4) is 0 Å². The highest BCUT2D eigenvalue weighted by Crippen LogP contribution is 2.33. The van der Waals surface area contributed by atoms with Crippen molar-refractivity contribution >= 4 is 11.9 Å². The standard InChI is InChI=1S/C20H25N3O3/c1-24-18-14-20(26-3)19(25-2)13-16(18)15-21-23-11-9-22(10-12-23)17-7-5-4-6-8-17/h4-8,13-15H,9-12H2,1-3H3/b21-15-. The third-order valence-electron chi connectivity index (χ3n) is 4.47. The molecule has 1 aliphatic heterocycles. The summed E-state index contributed by atoms with van der Waals surface area (Å²) in [5.74, 6) is 2.00. The summed E-state index contributed by atoms with van der Waals surface area (Å²) in [6.07, 6.45) is 1.82. The molecular formula is C20H25N3O3. The van der Waals surface area contributed by atoms with Gasteiger partial charge in [0.2, 0.25) is 0 Å². The summed E-state index contributed by atoms with van der Waals surface area (Å²) in [5, 5.41) is 6.71. The van der Waals surface area contributed by atoms with E-state index in [9.17, 15) is 0 Å². The average Bonchev–Trinajstić information content (AvgIpc) is 2.72. The molecule has 26 heavy (non-hydrogen) atoms. The van der Waals surface area contributed by atoms with Crippen LogP contribution >= 0.6 is 0 Å². The molecule has 1 aliphatic rings. The first-order valence-corrected chi connectivity index (χ1v) is 8.64. The van der Waals surface area contributed by atoms with Crippen molar-refractivity contribution in [3.05, 3.63) is 48.0 Å². The smallest absolute Gasteiger partial charge is 0.164 e. The Morgan fingerprint density at radius 2 is 1.42 bits per heavy atom. The van der Waals surface area contributed by atoms with Gasteiger partial charge in [0, 0.05) is 30.4 Å². The van der Waals surface area contributed by atoms with Gasteiger partial charge in [0.05, 0.1) is 40.6 Å². The van der Waals surface area contributed by atoms with E-state index in [4.69, 9.17) is 14.2 Å². The Kier molecular flexibility index (Phi) is 5.84. The summed E-state index contributed by atoms with van der Waals surface area (Å²) < 4.78 is 16.1. The number of para-hydroxylation sites is 1. The molecule has 0 aliphatic carbocycles. The van der Waals surface area contributed by atoms with E-state index in [1.807, 2.05) is 24.4 Å². The SMILES string of the molecule is COc1cc(OC)c(OC)cc1/C=N\N1CCN(c2ccccc2)CC1. The fourth-order valence-corrected chi connectivity index (χ4v) is 3.01. The van der Waals surface area contributed by atoms with Gasteiger partial charge in [-0.15, -0.1) is 0 Å². The minimum Gasteiger partial charge on any atom is -0.496 e. The monoisotopic (exact) mass is 355 g/mol. The van der Waals surface area contributed by atoms with Gasteiger partial charge in [0.15, 0.2) is 11.5 Å². The maximum atomic E-state index is 5.45. The molecule has 2 aromatic rings. The fourth-order valence-electron chi connectivity index (χ4n) is 3.01. The van der Waals surface area contributed by atoms with Gasteiger partial charge < -0.3 is 19.1 Å². The van der Waals surface area contributed by atoms with Crippen LogP contribution in [-0.2, 0) is 0 Å². The van der Waals surface area contributed by atoms with Gasteiger partial charge in [-0.25, -0.2) is 0 Å². The molecule has 1 saturated heterocycles. The minimum absolute atomic E-state index is 0.637. The van der Waals surface area contributed by atoms with E-state index in [-0.39, 0.29) is 0 Å². The van der Waals surface area contributed by atoms with Crippen molar-refractivity contribution in [2.24, 2.45) is 5.10 Å². The highest BCUT2D eigenvalue weighted by Gasteiger charge is 2.16. The first-order chi connectivity index (χ1) is 12.7. The van der Waals surface area contributed by atoms with Crippen LogP contribution in [-0.4, -0.2) is 58.7 Å². The number of benzene rings is 2. The van der Waals surface area contributed by atoms with Crippen LogP contribution in [0.25, 0.3) is 0 Å². The summed E-state index contributed by atoms with van der Waals surface area (Å²) >= 11 is 0. The first kappa shape index (κ1) is 17.9. The molecule has 1 heterocycles. The van der Waals surface area contributed by atoms with Gasteiger partial charge in [0.25, 0.3) is 0 Å². The molecule has 0 spiro atoms. The quantitative estimate of drug-likeness (QED) is 0.746. The molecule has 0 amide bonds. The van der Waals surface area contributed by atoms with Crippen molar-refractivity contribution in [2.75, 3.05) is 52.4 Å². The number of nitrogens with zero attached hydrogens (tertiary/aromatic N) is 3. The number of rotatable bonds is 6. The Bertz CT molecular complexity index is 741. The zero-order chi connectivity index (χ0) is 18.4. The fraction of sp³-hybridized carbons (Fsp3) is 0.350. The second-order valence-corrected chi connectivity index (χ2v) is 5.97. The van der Waals surface area contributed by atoms with Crippen molar-refractivity contribution < 1.29 is 14.2 Å². The highest BCUT2D eigenvalue weighted by atomic mass is 16.5. The maximum absolute atomic E-state index is 5.45. The third-order valence-corrected chi connectivity index (χ3v) is 4.47. The van der Waals surface area contributed by atoms with E-state index in [1.165, 1.54) is 5.69 Å². The van der Waals surface area contributed by atoms with Gasteiger partial charge in [-0.1, -0.05) is 18.2 Å². The number of ether oxygens (including phenoxy) is 3. The van der Waals surface area contributed by atoms with Crippen molar-refractivity contribution in [1.29, 1.82) is 0 Å². The van der Waals surface area contributed by atoms with Crippen LogP contribution < -0.4 is 19.1 Å². The van der Waals surface area contributed by atoms with Crippen LogP contribution in [0.1, 0.15) is 5.56 Å². The first-order valence-electron chi connectivity index (χ1n) is 8.64. The minimum atomic E-state index is 0.637. The molecule has 6 heteroatoms. The van der Waals surface area contributed by atoms with Crippen LogP contribution in [0.5, 0.6) is 17.2 Å². The van der Waals surface area contributed by atoms with E-state index in [0.717, 1.165) is 31.7 Å². The second kappa shape index (κ2) is 8.47. The molecule has 0 bridgehead atoms. The van der Waals surface area contributed by atoms with Crippen LogP contribution in [0, 0.1) is 0 Å². The molecule has 1 fully saturated rings. The van der Waals surface area contributed by atoms with Gasteiger partial charge in [-0.2, -0.15) is 5.10 Å². The molecule has 0 unspecified atom stereocenters. The number of piperazine rings is 1. The number of methoxy groups -OCH3 is 3. The lowest BCUT2D eigenvalue weighted by atomic mass is 10.2. The normalized spacial score (nSPS) is 14.6. The highest BCUT2D eigenvalue weighted by molar-refractivity contribution is 5.85. The van der Waals surface area contributed by atoms with Crippen molar-refractivity contribution in [1.82, 2.24) is 5.01 Å². The van der Waals surface area contributed by atoms with Crippen LogP contribution in [0.2, 0.25) is 0 Å². The molecule has 3 rings (SSSR count). The Balaban J connectivity index is 1.67. The van der Waals surface area contributed by atoms with Crippen molar-refractivity contribution in [2.45, 2.75) is 0 Å².